The van der Waals surface area contributed by atoms with E-state index in [-0.39, 0.29) is 18.6 Å². The van der Waals surface area contributed by atoms with Crippen LogP contribution in [0.5, 0.6) is 5.75 Å². The lowest BCUT2D eigenvalue weighted by Gasteiger charge is -2.10. The molecule has 0 aliphatic heterocycles. The number of carbonyl (C=O) groups is 1. The number of carbonyl (C=O) groups excluding carboxylic acids is 1. The van der Waals surface area contributed by atoms with Crippen LogP contribution in [0.3, 0.4) is 0 Å². The standard InChI is InChI=1S/C11H11F3O5S/c1-2-18-10(15)7-8-4-3-5-9(6-8)19-20(16,17)11(12,13)14/h3-6H,2,7H2,1H3. The lowest BCUT2D eigenvalue weighted by molar-refractivity contribution is -0.142. The fourth-order valence-corrected chi connectivity index (χ4v) is 1.71. The molecule has 0 aliphatic carbocycles. The zero-order valence-corrected chi connectivity index (χ0v) is 11.1. The van der Waals surface area contributed by atoms with Crippen LogP contribution in [0.4, 0.5) is 13.2 Å². The first-order chi connectivity index (χ1) is 9.15. The minimum Gasteiger partial charge on any atom is -0.466 e. The summed E-state index contributed by atoms with van der Waals surface area (Å²) < 4.78 is 66.7. The Hall–Kier alpha value is -1.77. The Bertz CT molecular complexity index is 580. The molecule has 0 unspecified atom stereocenters. The number of rotatable bonds is 5. The van der Waals surface area contributed by atoms with Crippen LogP contribution in [-0.2, 0) is 26.1 Å². The fourth-order valence-electron chi connectivity index (χ4n) is 1.26. The predicted molar refractivity (Wildman–Crippen MR) is 62.4 cm³/mol. The molecule has 0 saturated carbocycles. The van der Waals surface area contributed by atoms with E-state index in [0.717, 1.165) is 12.1 Å². The summed E-state index contributed by atoms with van der Waals surface area (Å²) in [5.41, 5.74) is -5.23. The maximum Gasteiger partial charge on any atom is 0.534 e. The molecule has 0 saturated heterocycles. The van der Waals surface area contributed by atoms with Gasteiger partial charge in [0, 0.05) is 0 Å². The van der Waals surface area contributed by atoms with Crippen molar-refractivity contribution in [3.05, 3.63) is 29.8 Å². The molecule has 0 atom stereocenters. The largest absolute Gasteiger partial charge is 0.534 e. The van der Waals surface area contributed by atoms with Gasteiger partial charge in [-0.25, -0.2) is 0 Å². The number of alkyl halides is 3. The summed E-state index contributed by atoms with van der Waals surface area (Å²) in [6.45, 7) is 1.77. The molecule has 0 bridgehead atoms. The molecule has 0 amide bonds. The lowest BCUT2D eigenvalue weighted by Crippen LogP contribution is -2.28. The summed E-state index contributed by atoms with van der Waals surface area (Å²) in [7, 11) is -5.72. The van der Waals surface area contributed by atoms with Gasteiger partial charge in [0.15, 0.2) is 0 Å². The van der Waals surface area contributed by atoms with Crippen LogP contribution in [0.25, 0.3) is 0 Å². The summed E-state index contributed by atoms with van der Waals surface area (Å²) in [6.07, 6.45) is -0.197. The van der Waals surface area contributed by atoms with Gasteiger partial charge in [0.05, 0.1) is 13.0 Å². The molecule has 5 nitrogen and oxygen atoms in total. The maximum atomic E-state index is 12.1. The quantitative estimate of drug-likeness (QED) is 0.472. The Morgan fingerprint density at radius 1 is 1.30 bits per heavy atom. The van der Waals surface area contributed by atoms with Crippen molar-refractivity contribution in [1.82, 2.24) is 0 Å². The van der Waals surface area contributed by atoms with Gasteiger partial charge in [0.2, 0.25) is 0 Å². The smallest absolute Gasteiger partial charge is 0.466 e. The second-order valence-corrected chi connectivity index (χ2v) is 5.15. The summed E-state index contributed by atoms with van der Waals surface area (Å²) in [4.78, 5) is 11.2. The van der Waals surface area contributed by atoms with E-state index in [2.05, 4.69) is 8.92 Å². The first-order valence-electron chi connectivity index (χ1n) is 5.41. The van der Waals surface area contributed by atoms with Crippen LogP contribution >= 0.6 is 0 Å². The zero-order chi connectivity index (χ0) is 15.4. The Balaban J connectivity index is 2.87. The molecule has 0 aliphatic rings. The second kappa shape index (κ2) is 6.12. The molecule has 0 N–H and O–H groups in total. The number of benzene rings is 1. The molecule has 0 fully saturated rings. The van der Waals surface area contributed by atoms with Crippen molar-refractivity contribution in [2.24, 2.45) is 0 Å². The van der Waals surface area contributed by atoms with Crippen molar-refractivity contribution in [2.45, 2.75) is 18.9 Å². The molecule has 1 rings (SSSR count). The number of halogens is 3. The molecule has 112 valence electrons. The van der Waals surface area contributed by atoms with Crippen molar-refractivity contribution >= 4 is 16.1 Å². The zero-order valence-electron chi connectivity index (χ0n) is 10.3. The summed E-state index contributed by atoms with van der Waals surface area (Å²) in [6, 6.07) is 4.78. The van der Waals surface area contributed by atoms with Gasteiger partial charge in [-0.05, 0) is 24.6 Å². The van der Waals surface area contributed by atoms with E-state index in [0.29, 0.717) is 0 Å². The molecule has 0 heterocycles. The average Bonchev–Trinajstić information content (AvgIpc) is 2.27. The van der Waals surface area contributed by atoms with Crippen LogP contribution in [0, 0.1) is 0 Å². The Labute approximate surface area is 113 Å². The number of esters is 1. The highest BCUT2D eigenvalue weighted by Gasteiger charge is 2.48. The minimum absolute atomic E-state index is 0.164. The molecule has 0 aromatic heterocycles. The van der Waals surface area contributed by atoms with E-state index in [1.807, 2.05) is 0 Å². The van der Waals surface area contributed by atoms with Crippen molar-refractivity contribution in [2.75, 3.05) is 6.61 Å². The Kier molecular flexibility index (Phi) is 4.98. The normalized spacial score (nSPS) is 12.0. The lowest BCUT2D eigenvalue weighted by atomic mass is 10.1. The Morgan fingerprint density at radius 2 is 1.95 bits per heavy atom. The van der Waals surface area contributed by atoms with Crippen LogP contribution in [0.2, 0.25) is 0 Å². The Morgan fingerprint density at radius 3 is 2.50 bits per heavy atom. The molecular formula is C11H11F3O5S. The second-order valence-electron chi connectivity index (χ2n) is 3.61. The monoisotopic (exact) mass is 312 g/mol. The van der Waals surface area contributed by atoms with E-state index in [1.54, 1.807) is 6.92 Å². The predicted octanol–water partition coefficient (Wildman–Crippen LogP) is 2.02. The van der Waals surface area contributed by atoms with Gasteiger partial charge in [0.1, 0.15) is 5.75 Å². The van der Waals surface area contributed by atoms with Crippen LogP contribution in [-0.4, -0.2) is 26.5 Å². The molecule has 0 spiro atoms. The molecule has 20 heavy (non-hydrogen) atoms. The molecule has 9 heteroatoms. The van der Waals surface area contributed by atoms with Crippen LogP contribution in [0.1, 0.15) is 12.5 Å². The van der Waals surface area contributed by atoms with Gasteiger partial charge in [-0.1, -0.05) is 12.1 Å². The van der Waals surface area contributed by atoms with Crippen LogP contribution in [0.15, 0.2) is 24.3 Å². The third kappa shape index (κ3) is 4.41. The first-order valence-corrected chi connectivity index (χ1v) is 6.82. The van der Waals surface area contributed by atoms with E-state index in [4.69, 9.17) is 0 Å². The van der Waals surface area contributed by atoms with Crippen molar-refractivity contribution < 1.29 is 35.3 Å². The molecular weight excluding hydrogens is 301 g/mol. The first kappa shape index (κ1) is 16.3. The fraction of sp³-hybridized carbons (Fsp3) is 0.364. The number of hydrogen-bond acceptors (Lipinski definition) is 5. The average molecular weight is 312 g/mol. The van der Waals surface area contributed by atoms with Gasteiger partial charge in [-0.2, -0.15) is 21.6 Å². The van der Waals surface area contributed by atoms with Gasteiger partial charge in [-0.15, -0.1) is 0 Å². The summed E-state index contributed by atoms with van der Waals surface area (Å²) >= 11 is 0. The van der Waals surface area contributed by atoms with Crippen molar-refractivity contribution in [3.8, 4) is 5.75 Å². The topological polar surface area (TPSA) is 69.7 Å². The molecule has 1 aromatic carbocycles. The SMILES string of the molecule is CCOC(=O)Cc1cccc(OS(=O)(=O)C(F)(F)F)c1. The maximum absolute atomic E-state index is 12.1. The molecule has 1 aromatic rings. The third-order valence-electron chi connectivity index (χ3n) is 2.04. The van der Waals surface area contributed by atoms with Crippen molar-refractivity contribution in [1.29, 1.82) is 0 Å². The summed E-state index contributed by atoms with van der Waals surface area (Å²) in [5.74, 6) is -1.10. The van der Waals surface area contributed by atoms with Gasteiger partial charge in [-0.3, -0.25) is 4.79 Å². The third-order valence-corrected chi connectivity index (χ3v) is 3.02. The van der Waals surface area contributed by atoms with E-state index >= 15 is 0 Å². The van der Waals surface area contributed by atoms with E-state index in [1.165, 1.54) is 12.1 Å². The van der Waals surface area contributed by atoms with Gasteiger partial charge < -0.3 is 8.92 Å². The number of hydrogen-bond donors (Lipinski definition) is 0. The van der Waals surface area contributed by atoms with E-state index < -0.39 is 27.3 Å². The number of ether oxygens (including phenoxy) is 1. The highest BCUT2D eigenvalue weighted by Crippen LogP contribution is 2.27. The summed E-state index contributed by atoms with van der Waals surface area (Å²) in [5, 5.41) is 0. The van der Waals surface area contributed by atoms with Crippen molar-refractivity contribution in [3.63, 3.8) is 0 Å². The minimum atomic E-state index is -5.72. The highest BCUT2D eigenvalue weighted by atomic mass is 32.2. The van der Waals surface area contributed by atoms with Gasteiger partial charge in [0.25, 0.3) is 0 Å². The highest BCUT2D eigenvalue weighted by molar-refractivity contribution is 7.87. The van der Waals surface area contributed by atoms with Gasteiger partial charge >= 0.3 is 21.6 Å². The van der Waals surface area contributed by atoms with Crippen LogP contribution < -0.4 is 4.18 Å². The van der Waals surface area contributed by atoms with E-state index in [9.17, 15) is 26.4 Å². The molecule has 0 radical (unpaired) electrons.